The van der Waals surface area contributed by atoms with E-state index in [0.29, 0.717) is 12.2 Å². The van der Waals surface area contributed by atoms with Crippen LogP contribution < -0.4 is 10.1 Å². The Kier molecular flexibility index (Phi) is 3.76. The molecule has 4 rings (SSSR count). The minimum Gasteiger partial charge on any atom is -0.466 e. The Hall–Kier alpha value is -2.01. The van der Waals surface area contributed by atoms with Crippen molar-refractivity contribution in [2.75, 3.05) is 13.1 Å². The molecule has 2 aliphatic rings. The maximum Gasteiger partial charge on any atom is 0.273 e. The van der Waals surface area contributed by atoms with Gasteiger partial charge in [-0.05, 0) is 42.8 Å². The van der Waals surface area contributed by atoms with Crippen LogP contribution in [0, 0.1) is 0 Å². The number of amides is 1. The molecule has 1 atom stereocenters. The maximum atomic E-state index is 12.7. The quantitative estimate of drug-likeness (QED) is 0.875. The van der Waals surface area contributed by atoms with Gasteiger partial charge in [0.15, 0.2) is 6.23 Å². The second kappa shape index (κ2) is 5.81. The Morgan fingerprint density at radius 2 is 2.12 bits per heavy atom. The summed E-state index contributed by atoms with van der Waals surface area (Å²) in [5.41, 5.74) is 2.92. The predicted molar refractivity (Wildman–Crippen MR) is 97.9 cm³/mol. The van der Waals surface area contributed by atoms with Gasteiger partial charge in [-0.15, -0.1) is 0 Å². The number of hydrogen-bond donors (Lipinski definition) is 1. The van der Waals surface area contributed by atoms with Crippen molar-refractivity contribution in [2.24, 2.45) is 0 Å². The highest BCUT2D eigenvalue weighted by atomic mass is 79.9. The summed E-state index contributed by atoms with van der Waals surface area (Å²) in [5, 5.41) is 5.60. The van der Waals surface area contributed by atoms with Gasteiger partial charge in [0.2, 0.25) is 0 Å². The van der Waals surface area contributed by atoms with Gasteiger partial charge < -0.3 is 10.1 Å². The molecule has 2 aromatic rings. The molecule has 2 aromatic carbocycles. The van der Waals surface area contributed by atoms with Gasteiger partial charge in [0.1, 0.15) is 11.4 Å². The van der Waals surface area contributed by atoms with E-state index in [2.05, 4.69) is 39.4 Å². The van der Waals surface area contributed by atoms with E-state index >= 15 is 0 Å². The molecule has 0 saturated carbocycles. The van der Waals surface area contributed by atoms with Crippen LogP contribution in [0.1, 0.15) is 19.4 Å². The third kappa shape index (κ3) is 2.22. The van der Waals surface area contributed by atoms with Crippen molar-refractivity contribution < 1.29 is 9.53 Å². The van der Waals surface area contributed by atoms with Crippen LogP contribution >= 0.6 is 15.9 Å². The Morgan fingerprint density at radius 1 is 1.29 bits per heavy atom. The first-order valence-electron chi connectivity index (χ1n) is 8.29. The molecule has 0 saturated heterocycles. The molecule has 124 valence electrons. The highest BCUT2D eigenvalue weighted by Crippen LogP contribution is 2.40. The molecule has 0 aliphatic carbocycles. The summed E-state index contributed by atoms with van der Waals surface area (Å²) in [7, 11) is 0. The molecule has 24 heavy (non-hydrogen) atoms. The average Bonchev–Trinajstić information content (AvgIpc) is 2.84. The zero-order valence-electron chi connectivity index (χ0n) is 13.7. The van der Waals surface area contributed by atoms with E-state index in [1.165, 1.54) is 10.8 Å². The molecule has 5 heteroatoms. The average molecular weight is 387 g/mol. The first-order valence-corrected chi connectivity index (χ1v) is 9.09. The molecule has 1 unspecified atom stereocenters. The van der Waals surface area contributed by atoms with E-state index in [0.717, 1.165) is 34.3 Å². The first-order chi connectivity index (χ1) is 11.6. The van der Waals surface area contributed by atoms with Crippen molar-refractivity contribution in [1.29, 1.82) is 0 Å². The summed E-state index contributed by atoms with van der Waals surface area (Å²) in [6.45, 7) is 5.36. The van der Waals surface area contributed by atoms with Gasteiger partial charge in [-0.3, -0.25) is 9.69 Å². The van der Waals surface area contributed by atoms with E-state index in [1.807, 2.05) is 26.0 Å². The fraction of sp³-hybridized carbons (Fsp3) is 0.316. The van der Waals surface area contributed by atoms with E-state index in [-0.39, 0.29) is 12.1 Å². The predicted octanol–water partition coefficient (Wildman–Crippen LogP) is 3.59. The van der Waals surface area contributed by atoms with E-state index in [4.69, 9.17) is 4.74 Å². The molecule has 2 heterocycles. The second-order valence-electron chi connectivity index (χ2n) is 6.08. The van der Waals surface area contributed by atoms with Crippen molar-refractivity contribution in [3.63, 3.8) is 0 Å². The minimum absolute atomic E-state index is 0.0409. The number of nitrogens with one attached hydrogen (secondary N) is 1. The third-order valence-corrected chi connectivity index (χ3v) is 5.22. The van der Waals surface area contributed by atoms with Gasteiger partial charge >= 0.3 is 0 Å². The molecule has 4 nitrogen and oxygen atoms in total. The van der Waals surface area contributed by atoms with Crippen LogP contribution in [0.15, 0.2) is 46.1 Å². The van der Waals surface area contributed by atoms with Crippen molar-refractivity contribution >= 4 is 32.6 Å². The highest BCUT2D eigenvalue weighted by molar-refractivity contribution is 9.10. The minimum atomic E-state index is -0.281. The Morgan fingerprint density at radius 3 is 2.88 bits per heavy atom. The SMILES string of the molecule is CCNC1=C2Cc3c(ccc4cc(Br)ccc34)OC2N(CC)C1=O. The lowest BCUT2D eigenvalue weighted by molar-refractivity contribution is -0.131. The molecular weight excluding hydrogens is 368 g/mol. The van der Waals surface area contributed by atoms with Crippen LogP contribution in [0.25, 0.3) is 10.8 Å². The van der Waals surface area contributed by atoms with Crippen molar-refractivity contribution in [3.05, 3.63) is 51.6 Å². The third-order valence-electron chi connectivity index (χ3n) is 4.73. The van der Waals surface area contributed by atoms with Gasteiger partial charge in [0.05, 0.1) is 0 Å². The summed E-state index contributed by atoms with van der Waals surface area (Å²) in [5.74, 6) is 0.918. The highest BCUT2D eigenvalue weighted by Gasteiger charge is 2.42. The topological polar surface area (TPSA) is 41.6 Å². The lowest BCUT2D eigenvalue weighted by Crippen LogP contribution is -2.41. The zero-order chi connectivity index (χ0) is 16.8. The number of carbonyl (C=O) groups excluding carboxylic acids is 1. The van der Waals surface area contributed by atoms with E-state index in [1.54, 1.807) is 4.90 Å². The van der Waals surface area contributed by atoms with Crippen molar-refractivity contribution in [2.45, 2.75) is 26.5 Å². The number of benzene rings is 2. The molecule has 1 N–H and O–H groups in total. The smallest absolute Gasteiger partial charge is 0.273 e. The molecule has 0 radical (unpaired) electrons. The molecule has 1 amide bonds. The number of carbonyl (C=O) groups is 1. The van der Waals surface area contributed by atoms with Crippen LogP contribution in [0.2, 0.25) is 0 Å². The van der Waals surface area contributed by atoms with E-state index < -0.39 is 0 Å². The first kappa shape index (κ1) is 15.5. The summed E-state index contributed by atoms with van der Waals surface area (Å²) < 4.78 is 7.30. The maximum absolute atomic E-state index is 12.7. The fourth-order valence-corrected chi connectivity index (χ4v) is 4.01. The van der Waals surface area contributed by atoms with Crippen LogP contribution in [-0.2, 0) is 11.2 Å². The second-order valence-corrected chi connectivity index (χ2v) is 6.99. The van der Waals surface area contributed by atoms with Crippen molar-refractivity contribution in [1.82, 2.24) is 10.2 Å². The molecular formula is C19H19BrN2O2. The lowest BCUT2D eigenvalue weighted by Gasteiger charge is -2.31. The monoisotopic (exact) mass is 386 g/mol. The van der Waals surface area contributed by atoms with Crippen LogP contribution in [-0.4, -0.2) is 30.1 Å². The van der Waals surface area contributed by atoms with Gasteiger partial charge in [-0.1, -0.05) is 28.1 Å². The van der Waals surface area contributed by atoms with Crippen LogP contribution in [0.5, 0.6) is 5.75 Å². The fourth-order valence-electron chi connectivity index (χ4n) is 3.63. The van der Waals surface area contributed by atoms with Gasteiger partial charge in [-0.2, -0.15) is 0 Å². The zero-order valence-corrected chi connectivity index (χ0v) is 15.3. The summed E-state index contributed by atoms with van der Waals surface area (Å²) >= 11 is 3.53. The number of halogens is 1. The number of ether oxygens (including phenoxy) is 1. The number of nitrogens with zero attached hydrogens (tertiary/aromatic N) is 1. The summed E-state index contributed by atoms with van der Waals surface area (Å²) in [6.07, 6.45) is 0.459. The number of hydrogen-bond acceptors (Lipinski definition) is 3. The van der Waals surface area contributed by atoms with Gasteiger partial charge in [0, 0.05) is 35.1 Å². The number of likely N-dealkylation sites (N-methyl/N-ethyl adjacent to an activating group) is 2. The van der Waals surface area contributed by atoms with Gasteiger partial charge in [0.25, 0.3) is 5.91 Å². The molecule has 0 fully saturated rings. The van der Waals surface area contributed by atoms with Gasteiger partial charge in [-0.25, -0.2) is 0 Å². The van der Waals surface area contributed by atoms with Crippen molar-refractivity contribution in [3.8, 4) is 5.75 Å². The Bertz CT molecular complexity index is 875. The summed E-state index contributed by atoms with van der Waals surface area (Å²) in [4.78, 5) is 14.5. The standard InChI is InChI=1S/C19H19BrN2O2/c1-3-21-17-15-10-14-13-7-6-12(20)9-11(13)5-8-16(14)24-19(15)22(4-2)18(17)23/h5-9,19,21H,3-4,10H2,1-2H3. The molecule has 0 bridgehead atoms. The normalized spacial score (nSPS) is 19.4. The van der Waals surface area contributed by atoms with Crippen LogP contribution in [0.4, 0.5) is 0 Å². The molecule has 2 aliphatic heterocycles. The summed E-state index contributed by atoms with van der Waals surface area (Å²) in [6, 6.07) is 10.4. The van der Waals surface area contributed by atoms with E-state index in [9.17, 15) is 4.79 Å². The Balaban J connectivity index is 1.87. The lowest BCUT2D eigenvalue weighted by atomic mass is 9.94. The number of rotatable bonds is 3. The number of fused-ring (bicyclic) bond motifs is 4. The largest absolute Gasteiger partial charge is 0.466 e. The molecule has 0 aromatic heterocycles. The molecule has 0 spiro atoms. The Labute approximate surface area is 149 Å². The van der Waals surface area contributed by atoms with Crippen LogP contribution in [0.3, 0.4) is 0 Å².